The topological polar surface area (TPSA) is 72.2 Å². The summed E-state index contributed by atoms with van der Waals surface area (Å²) in [5.74, 6) is -0.252. The fourth-order valence-electron chi connectivity index (χ4n) is 2.78. The molecule has 0 aliphatic carbocycles. The van der Waals surface area contributed by atoms with Gasteiger partial charge in [0, 0.05) is 17.1 Å². The fourth-order valence-corrected chi connectivity index (χ4v) is 3.72. The molecular weight excluding hydrogens is 403 g/mol. The van der Waals surface area contributed by atoms with Crippen LogP contribution in [-0.4, -0.2) is 25.3 Å². The molecule has 0 fully saturated rings. The van der Waals surface area contributed by atoms with Crippen molar-refractivity contribution in [3.05, 3.63) is 65.3 Å². The molecule has 4 aromatic rings. The lowest BCUT2D eigenvalue weighted by molar-refractivity contribution is -0.141. The minimum atomic E-state index is -4.48. The van der Waals surface area contributed by atoms with Crippen molar-refractivity contribution in [3.8, 4) is 11.3 Å². The first-order chi connectivity index (χ1) is 13.8. The van der Waals surface area contributed by atoms with Gasteiger partial charge in [-0.1, -0.05) is 24.3 Å². The van der Waals surface area contributed by atoms with Crippen molar-refractivity contribution in [1.82, 2.24) is 19.4 Å². The number of thiazole rings is 1. The Labute approximate surface area is 167 Å². The maximum atomic E-state index is 12.9. The second-order valence-electron chi connectivity index (χ2n) is 6.35. The predicted molar refractivity (Wildman–Crippen MR) is 103 cm³/mol. The third-order valence-corrected chi connectivity index (χ3v) is 5.16. The number of imidazole rings is 1. The van der Waals surface area contributed by atoms with E-state index in [-0.39, 0.29) is 23.0 Å². The number of benzene rings is 1. The zero-order valence-corrected chi connectivity index (χ0v) is 15.9. The Morgan fingerprint density at radius 3 is 2.55 bits per heavy atom. The van der Waals surface area contributed by atoms with Gasteiger partial charge in [-0.25, -0.2) is 4.98 Å². The Bertz CT molecular complexity index is 1160. The van der Waals surface area contributed by atoms with Gasteiger partial charge in [-0.2, -0.15) is 13.2 Å². The molecule has 0 aliphatic rings. The number of aromatic nitrogens is 4. The molecule has 1 amide bonds. The zero-order chi connectivity index (χ0) is 20.6. The Morgan fingerprint density at radius 2 is 1.90 bits per heavy atom. The molecule has 0 unspecified atom stereocenters. The van der Waals surface area contributed by atoms with E-state index in [4.69, 9.17) is 0 Å². The van der Waals surface area contributed by atoms with E-state index >= 15 is 0 Å². The molecule has 1 N–H and O–H groups in total. The van der Waals surface area contributed by atoms with Gasteiger partial charge < -0.3 is 5.32 Å². The summed E-state index contributed by atoms with van der Waals surface area (Å²) in [6.45, 7) is 1.85. The normalized spacial score (nSPS) is 11.7. The van der Waals surface area contributed by atoms with E-state index in [2.05, 4.69) is 20.3 Å². The molecule has 0 saturated heterocycles. The van der Waals surface area contributed by atoms with Crippen molar-refractivity contribution >= 4 is 27.9 Å². The number of amides is 1. The minimum Gasteiger partial charge on any atom is -0.308 e. The molecule has 3 heterocycles. The lowest BCUT2D eigenvalue weighted by Crippen LogP contribution is -2.14. The molecule has 3 aromatic heterocycles. The van der Waals surface area contributed by atoms with E-state index < -0.39 is 11.9 Å². The van der Waals surface area contributed by atoms with E-state index in [1.54, 1.807) is 24.5 Å². The maximum absolute atomic E-state index is 12.9. The molecule has 0 saturated carbocycles. The first-order valence-corrected chi connectivity index (χ1v) is 9.39. The van der Waals surface area contributed by atoms with Crippen LogP contribution >= 0.6 is 11.3 Å². The minimum absolute atomic E-state index is 0.0659. The van der Waals surface area contributed by atoms with Crippen molar-refractivity contribution in [2.24, 2.45) is 0 Å². The number of halogens is 3. The van der Waals surface area contributed by atoms with Gasteiger partial charge in [-0.3, -0.25) is 19.2 Å². The number of nitrogens with one attached hydrogen (secondary N) is 1. The van der Waals surface area contributed by atoms with Gasteiger partial charge in [0.25, 0.3) is 0 Å². The summed E-state index contributed by atoms with van der Waals surface area (Å²) in [6.07, 6.45) is -0.00377. The van der Waals surface area contributed by atoms with Gasteiger partial charge in [0.1, 0.15) is 16.9 Å². The van der Waals surface area contributed by atoms with E-state index in [0.29, 0.717) is 0 Å². The molecule has 148 valence electrons. The quantitative estimate of drug-likeness (QED) is 0.536. The lowest BCUT2D eigenvalue weighted by atomic mass is 10.1. The average molecular weight is 417 g/mol. The summed E-state index contributed by atoms with van der Waals surface area (Å²) in [5.41, 5.74) is 2.36. The smallest absolute Gasteiger partial charge is 0.308 e. The van der Waals surface area contributed by atoms with E-state index in [9.17, 15) is 18.0 Å². The van der Waals surface area contributed by atoms with Gasteiger partial charge in [-0.15, -0.1) is 11.3 Å². The molecule has 1 aromatic carbocycles. The number of aryl methyl sites for hydroxylation is 1. The van der Waals surface area contributed by atoms with Crippen molar-refractivity contribution in [3.63, 3.8) is 0 Å². The number of carbonyl (C=O) groups excluding carboxylic acids is 1. The molecule has 29 heavy (non-hydrogen) atoms. The number of fused-ring (bicyclic) bond motifs is 1. The van der Waals surface area contributed by atoms with Crippen LogP contribution in [0.25, 0.3) is 16.1 Å². The van der Waals surface area contributed by atoms with Crippen molar-refractivity contribution in [2.75, 3.05) is 5.32 Å². The molecule has 0 radical (unpaired) electrons. The SMILES string of the molecule is Cc1cnc(-c2ccc(CC(=O)Nc3ncn4c(C(F)(F)F)csc34)cc2)cn1. The summed E-state index contributed by atoms with van der Waals surface area (Å²) >= 11 is 0.876. The molecule has 6 nitrogen and oxygen atoms in total. The Hall–Kier alpha value is -3.27. The molecule has 4 rings (SSSR count). The summed E-state index contributed by atoms with van der Waals surface area (Å²) in [6, 6.07) is 7.27. The molecule has 0 aliphatic heterocycles. The number of anilines is 1. The standard InChI is InChI=1S/C19H14F3N5OS/c1-11-7-24-14(8-23-11)13-4-2-12(3-5-13)6-16(28)26-17-18-27(10-25-17)15(9-29-18)19(20,21)22/h2-5,7-10H,6H2,1H3,(H,26,28). The molecule has 0 atom stereocenters. The van der Waals surface area contributed by atoms with Crippen LogP contribution in [0.3, 0.4) is 0 Å². The van der Waals surface area contributed by atoms with Crippen LogP contribution in [0, 0.1) is 6.92 Å². The Morgan fingerprint density at radius 1 is 1.14 bits per heavy atom. The summed E-state index contributed by atoms with van der Waals surface area (Å²) in [4.78, 5) is 25.0. The van der Waals surface area contributed by atoms with E-state index in [1.807, 2.05) is 19.1 Å². The maximum Gasteiger partial charge on any atom is 0.432 e. The summed E-state index contributed by atoms with van der Waals surface area (Å²) in [5, 5.41) is 3.58. The van der Waals surface area contributed by atoms with Crippen LogP contribution in [0.15, 0.2) is 48.4 Å². The third-order valence-electron chi connectivity index (χ3n) is 4.21. The van der Waals surface area contributed by atoms with Gasteiger partial charge in [0.05, 0.1) is 24.0 Å². The molecule has 0 bridgehead atoms. The van der Waals surface area contributed by atoms with Crippen molar-refractivity contribution < 1.29 is 18.0 Å². The number of alkyl halides is 3. The van der Waals surface area contributed by atoms with Crippen LogP contribution in [0.1, 0.15) is 17.0 Å². The average Bonchev–Trinajstić information content (AvgIpc) is 3.26. The first-order valence-electron chi connectivity index (χ1n) is 8.51. The number of hydrogen-bond donors (Lipinski definition) is 1. The number of carbonyl (C=O) groups is 1. The van der Waals surface area contributed by atoms with Crippen LogP contribution in [0.5, 0.6) is 0 Å². The number of hydrogen-bond acceptors (Lipinski definition) is 5. The highest BCUT2D eigenvalue weighted by Crippen LogP contribution is 2.35. The largest absolute Gasteiger partial charge is 0.432 e. The second-order valence-corrected chi connectivity index (χ2v) is 7.21. The highest BCUT2D eigenvalue weighted by molar-refractivity contribution is 7.16. The van der Waals surface area contributed by atoms with Gasteiger partial charge >= 0.3 is 6.18 Å². The number of rotatable bonds is 4. The Kier molecular flexibility index (Phi) is 4.79. The highest BCUT2D eigenvalue weighted by Gasteiger charge is 2.35. The highest BCUT2D eigenvalue weighted by atomic mass is 32.1. The second kappa shape index (κ2) is 7.28. The monoisotopic (exact) mass is 417 g/mol. The zero-order valence-electron chi connectivity index (χ0n) is 15.1. The molecule has 10 heteroatoms. The van der Waals surface area contributed by atoms with Gasteiger partial charge in [0.2, 0.25) is 5.91 Å². The van der Waals surface area contributed by atoms with Gasteiger partial charge in [-0.05, 0) is 12.5 Å². The van der Waals surface area contributed by atoms with Crippen LogP contribution < -0.4 is 5.32 Å². The first kappa shape index (κ1) is 19.1. The fraction of sp³-hybridized carbons (Fsp3) is 0.158. The van der Waals surface area contributed by atoms with Crippen LogP contribution in [-0.2, 0) is 17.4 Å². The van der Waals surface area contributed by atoms with E-state index in [1.165, 1.54) is 0 Å². The van der Waals surface area contributed by atoms with Crippen molar-refractivity contribution in [1.29, 1.82) is 0 Å². The van der Waals surface area contributed by atoms with Crippen LogP contribution in [0.4, 0.5) is 19.0 Å². The van der Waals surface area contributed by atoms with E-state index in [0.717, 1.165) is 50.0 Å². The summed E-state index contributed by atoms with van der Waals surface area (Å²) in [7, 11) is 0. The number of nitrogens with zero attached hydrogens (tertiary/aromatic N) is 4. The Balaban J connectivity index is 1.45. The lowest BCUT2D eigenvalue weighted by Gasteiger charge is -2.05. The van der Waals surface area contributed by atoms with Crippen molar-refractivity contribution in [2.45, 2.75) is 19.5 Å². The molecular formula is C19H14F3N5OS. The van der Waals surface area contributed by atoms with Crippen LogP contribution in [0.2, 0.25) is 0 Å². The predicted octanol–water partition coefficient (Wildman–Crippen LogP) is 4.36. The van der Waals surface area contributed by atoms with Gasteiger partial charge in [0.15, 0.2) is 5.82 Å². The summed E-state index contributed by atoms with van der Waals surface area (Å²) < 4.78 is 39.8. The third kappa shape index (κ3) is 3.97. The molecule has 0 spiro atoms.